The van der Waals surface area contributed by atoms with Crippen molar-refractivity contribution in [3.05, 3.63) is 62.6 Å². The van der Waals surface area contributed by atoms with Crippen LogP contribution in [0.2, 0.25) is 15.1 Å². The molecule has 19 heavy (non-hydrogen) atoms. The lowest BCUT2D eigenvalue weighted by molar-refractivity contribution is 0.0734. The highest BCUT2D eigenvalue weighted by molar-refractivity contribution is 6.43. The number of hydrogen-bond donors (Lipinski definition) is 0. The fourth-order valence-corrected chi connectivity index (χ4v) is 2.11. The zero-order chi connectivity index (χ0) is 14.0. The second-order valence-corrected chi connectivity index (χ2v) is 5.12. The molecule has 98 valence electrons. The summed E-state index contributed by atoms with van der Waals surface area (Å²) in [4.78, 5) is 12.0. The fourth-order valence-electron chi connectivity index (χ4n) is 1.54. The molecule has 0 aromatic heterocycles. The van der Waals surface area contributed by atoms with Gasteiger partial charge in [-0.15, -0.1) is 0 Å². The molecule has 5 heteroatoms. The lowest BCUT2D eigenvalue weighted by Crippen LogP contribution is -2.10. The molecule has 0 aliphatic heterocycles. The van der Waals surface area contributed by atoms with Gasteiger partial charge < -0.3 is 4.74 Å². The van der Waals surface area contributed by atoms with Crippen molar-refractivity contribution in [1.82, 2.24) is 0 Å². The molecule has 2 nitrogen and oxygen atoms in total. The minimum Gasteiger partial charge on any atom is -0.421 e. The third kappa shape index (κ3) is 3.21. The van der Waals surface area contributed by atoms with Gasteiger partial charge in [0.1, 0.15) is 0 Å². The number of hydrogen-bond acceptors (Lipinski definition) is 2. The Balaban J connectivity index is 2.30. The van der Waals surface area contributed by atoms with Gasteiger partial charge >= 0.3 is 5.97 Å². The summed E-state index contributed by atoms with van der Waals surface area (Å²) in [5.41, 5.74) is 1.30. The minimum absolute atomic E-state index is 0.185. The predicted octanol–water partition coefficient (Wildman–Crippen LogP) is 5.17. The maximum absolute atomic E-state index is 12.0. The van der Waals surface area contributed by atoms with E-state index >= 15 is 0 Å². The van der Waals surface area contributed by atoms with Gasteiger partial charge in [-0.05, 0) is 24.6 Å². The van der Waals surface area contributed by atoms with Crippen molar-refractivity contribution in [2.45, 2.75) is 6.92 Å². The van der Waals surface area contributed by atoms with Crippen LogP contribution in [0, 0.1) is 6.92 Å². The van der Waals surface area contributed by atoms with Crippen LogP contribution in [0.3, 0.4) is 0 Å². The summed E-state index contributed by atoms with van der Waals surface area (Å²) in [6.45, 7) is 1.83. The molecule has 0 amide bonds. The van der Waals surface area contributed by atoms with Crippen LogP contribution in [-0.2, 0) is 0 Å². The van der Waals surface area contributed by atoms with E-state index in [0.29, 0.717) is 10.6 Å². The zero-order valence-corrected chi connectivity index (χ0v) is 12.2. The molecule has 0 radical (unpaired) electrons. The number of carbonyl (C=O) groups excluding carboxylic acids is 1. The van der Waals surface area contributed by atoms with Gasteiger partial charge in [0.2, 0.25) is 0 Å². The Morgan fingerprint density at radius 2 is 1.63 bits per heavy atom. The largest absolute Gasteiger partial charge is 0.421 e. The van der Waals surface area contributed by atoms with E-state index in [9.17, 15) is 4.79 Å². The lowest BCUT2D eigenvalue weighted by Gasteiger charge is -2.09. The van der Waals surface area contributed by atoms with Gasteiger partial charge in [-0.3, -0.25) is 0 Å². The molecule has 0 saturated heterocycles. The molecule has 0 atom stereocenters. The zero-order valence-electron chi connectivity index (χ0n) is 9.91. The summed E-state index contributed by atoms with van der Waals surface area (Å²) in [5, 5.41) is 0.817. The van der Waals surface area contributed by atoms with E-state index in [-0.39, 0.29) is 15.8 Å². The first-order chi connectivity index (χ1) is 8.99. The number of halogens is 3. The molecule has 0 spiro atoms. The average Bonchev–Trinajstić information content (AvgIpc) is 2.36. The summed E-state index contributed by atoms with van der Waals surface area (Å²) in [6.07, 6.45) is 0. The number of rotatable bonds is 2. The first-order valence-electron chi connectivity index (χ1n) is 5.41. The Labute approximate surface area is 125 Å². The van der Waals surface area contributed by atoms with Gasteiger partial charge in [0, 0.05) is 6.07 Å². The highest BCUT2D eigenvalue weighted by atomic mass is 35.5. The Hall–Kier alpha value is -1.22. The third-order valence-corrected chi connectivity index (χ3v) is 3.56. The molecule has 2 aromatic carbocycles. The molecule has 0 fully saturated rings. The smallest absolute Gasteiger partial charge is 0.343 e. The van der Waals surface area contributed by atoms with Gasteiger partial charge in [-0.25, -0.2) is 4.79 Å². The number of aryl methyl sites for hydroxylation is 1. The summed E-state index contributed by atoms with van der Waals surface area (Å²) in [7, 11) is 0. The molecular weight excluding hydrogens is 307 g/mol. The van der Waals surface area contributed by atoms with Crippen molar-refractivity contribution < 1.29 is 9.53 Å². The van der Waals surface area contributed by atoms with Gasteiger partial charge in [0.15, 0.2) is 5.75 Å². The average molecular weight is 316 g/mol. The van der Waals surface area contributed by atoms with E-state index < -0.39 is 5.97 Å². The number of benzene rings is 2. The molecule has 0 heterocycles. The van der Waals surface area contributed by atoms with Gasteiger partial charge in [0.25, 0.3) is 0 Å². The number of carbonyl (C=O) groups is 1. The SMILES string of the molecule is Cc1ccccc1C(=O)Oc1cc(Cl)c(Cl)cc1Cl. The molecular formula is C14H9Cl3O2. The maximum atomic E-state index is 12.0. The first kappa shape index (κ1) is 14.2. The quantitative estimate of drug-likeness (QED) is 0.434. The summed E-state index contributed by atoms with van der Waals surface area (Å²) in [5.74, 6) is -0.303. The normalized spacial score (nSPS) is 10.3. The number of esters is 1. The third-order valence-electron chi connectivity index (χ3n) is 2.54. The van der Waals surface area contributed by atoms with E-state index in [1.54, 1.807) is 12.1 Å². The van der Waals surface area contributed by atoms with Crippen LogP contribution in [-0.4, -0.2) is 5.97 Å². The van der Waals surface area contributed by atoms with Crippen LogP contribution in [0.25, 0.3) is 0 Å². The highest BCUT2D eigenvalue weighted by Gasteiger charge is 2.14. The maximum Gasteiger partial charge on any atom is 0.343 e. The highest BCUT2D eigenvalue weighted by Crippen LogP contribution is 2.34. The molecule has 2 rings (SSSR count). The predicted molar refractivity (Wildman–Crippen MR) is 77.6 cm³/mol. The Morgan fingerprint density at radius 1 is 1.00 bits per heavy atom. The molecule has 0 bridgehead atoms. The van der Waals surface area contributed by atoms with Crippen molar-refractivity contribution >= 4 is 40.8 Å². The summed E-state index contributed by atoms with van der Waals surface area (Å²) < 4.78 is 5.23. The monoisotopic (exact) mass is 314 g/mol. The van der Waals surface area contributed by atoms with Crippen molar-refractivity contribution in [2.24, 2.45) is 0 Å². The second-order valence-electron chi connectivity index (χ2n) is 3.90. The first-order valence-corrected chi connectivity index (χ1v) is 6.55. The van der Waals surface area contributed by atoms with E-state index in [0.717, 1.165) is 5.56 Å². The molecule has 0 unspecified atom stereocenters. The van der Waals surface area contributed by atoms with E-state index in [1.807, 2.05) is 19.1 Å². The fraction of sp³-hybridized carbons (Fsp3) is 0.0714. The van der Waals surface area contributed by atoms with Crippen LogP contribution in [0.4, 0.5) is 0 Å². The summed E-state index contributed by atoms with van der Waals surface area (Å²) in [6, 6.07) is 9.97. The molecule has 0 N–H and O–H groups in total. The van der Waals surface area contributed by atoms with Crippen LogP contribution < -0.4 is 4.74 Å². The van der Waals surface area contributed by atoms with E-state index in [4.69, 9.17) is 39.5 Å². The van der Waals surface area contributed by atoms with Crippen LogP contribution in [0.15, 0.2) is 36.4 Å². The van der Waals surface area contributed by atoms with Crippen LogP contribution in [0.1, 0.15) is 15.9 Å². The van der Waals surface area contributed by atoms with E-state index in [1.165, 1.54) is 12.1 Å². The van der Waals surface area contributed by atoms with Gasteiger partial charge in [-0.2, -0.15) is 0 Å². The molecule has 0 aliphatic rings. The van der Waals surface area contributed by atoms with Crippen molar-refractivity contribution in [3.63, 3.8) is 0 Å². The van der Waals surface area contributed by atoms with Crippen molar-refractivity contribution in [2.75, 3.05) is 0 Å². The van der Waals surface area contributed by atoms with E-state index in [2.05, 4.69) is 0 Å². The van der Waals surface area contributed by atoms with Gasteiger partial charge in [-0.1, -0.05) is 53.0 Å². The number of ether oxygens (including phenoxy) is 1. The van der Waals surface area contributed by atoms with Crippen molar-refractivity contribution in [3.8, 4) is 5.75 Å². The molecule has 0 saturated carbocycles. The topological polar surface area (TPSA) is 26.3 Å². The standard InChI is InChI=1S/C14H9Cl3O2/c1-8-4-2-3-5-9(8)14(18)19-13-7-11(16)10(15)6-12(13)17/h2-7H,1H3. The van der Waals surface area contributed by atoms with Crippen LogP contribution in [0.5, 0.6) is 5.75 Å². The lowest BCUT2D eigenvalue weighted by atomic mass is 10.1. The summed E-state index contributed by atoms with van der Waals surface area (Å²) >= 11 is 17.6. The Morgan fingerprint density at radius 3 is 2.32 bits per heavy atom. The molecule has 2 aromatic rings. The Bertz CT molecular complexity index is 639. The van der Waals surface area contributed by atoms with Crippen molar-refractivity contribution in [1.29, 1.82) is 0 Å². The molecule has 0 aliphatic carbocycles. The minimum atomic E-state index is -0.488. The van der Waals surface area contributed by atoms with Gasteiger partial charge in [0.05, 0.1) is 20.6 Å². The Kier molecular flexibility index (Phi) is 4.35. The van der Waals surface area contributed by atoms with Crippen LogP contribution >= 0.6 is 34.8 Å². The second kappa shape index (κ2) is 5.83.